The molecule has 1 atom stereocenters. The zero-order valence-electron chi connectivity index (χ0n) is 11.3. The molecule has 1 aromatic heterocycles. The van der Waals surface area contributed by atoms with Crippen molar-refractivity contribution in [2.24, 2.45) is 5.73 Å². The lowest BCUT2D eigenvalue weighted by Gasteiger charge is -2.11. The van der Waals surface area contributed by atoms with Gasteiger partial charge in [0.15, 0.2) is 0 Å². The van der Waals surface area contributed by atoms with E-state index in [9.17, 15) is 0 Å². The third-order valence-electron chi connectivity index (χ3n) is 3.03. The second kappa shape index (κ2) is 6.68. The Labute approximate surface area is 118 Å². The van der Waals surface area contributed by atoms with E-state index in [1.165, 1.54) is 16.0 Å². The molecular weight excluding hydrogens is 254 g/mol. The van der Waals surface area contributed by atoms with Crippen LogP contribution in [0.15, 0.2) is 46.7 Å². The van der Waals surface area contributed by atoms with Gasteiger partial charge in [-0.1, -0.05) is 30.8 Å². The van der Waals surface area contributed by atoms with Crippen molar-refractivity contribution in [1.29, 1.82) is 0 Å². The third kappa shape index (κ3) is 4.04. The van der Waals surface area contributed by atoms with Crippen molar-refractivity contribution in [3.8, 4) is 0 Å². The predicted molar refractivity (Wildman–Crippen MR) is 79.3 cm³/mol. The summed E-state index contributed by atoms with van der Waals surface area (Å²) < 4.78 is 0. The average molecular weight is 273 g/mol. The van der Waals surface area contributed by atoms with Crippen molar-refractivity contribution in [2.45, 2.75) is 42.7 Å². The van der Waals surface area contributed by atoms with Gasteiger partial charge in [0.05, 0.1) is 0 Å². The Balaban J connectivity index is 2.11. The zero-order valence-corrected chi connectivity index (χ0v) is 12.2. The molecule has 2 N–H and O–H groups in total. The van der Waals surface area contributed by atoms with E-state index in [0.29, 0.717) is 0 Å². The number of benzene rings is 1. The highest BCUT2D eigenvalue weighted by atomic mass is 32.2. The Morgan fingerprint density at radius 1 is 1.32 bits per heavy atom. The summed E-state index contributed by atoms with van der Waals surface area (Å²) in [6.07, 6.45) is 5.29. The van der Waals surface area contributed by atoms with Gasteiger partial charge < -0.3 is 5.73 Å². The Bertz CT molecular complexity index is 528. The first-order valence-corrected chi connectivity index (χ1v) is 7.29. The molecule has 0 aliphatic rings. The van der Waals surface area contributed by atoms with Crippen molar-refractivity contribution >= 4 is 11.8 Å². The number of hydrogen-bond donors (Lipinski definition) is 1. The molecule has 0 amide bonds. The van der Waals surface area contributed by atoms with Crippen LogP contribution in [0.3, 0.4) is 0 Å². The van der Waals surface area contributed by atoms with Gasteiger partial charge in [0.2, 0.25) is 0 Å². The van der Waals surface area contributed by atoms with Gasteiger partial charge in [-0.25, -0.2) is 9.97 Å². The first-order chi connectivity index (χ1) is 9.19. The molecule has 1 heterocycles. The molecule has 2 aromatic rings. The van der Waals surface area contributed by atoms with Crippen LogP contribution in [-0.4, -0.2) is 16.0 Å². The van der Waals surface area contributed by atoms with Crippen LogP contribution in [0.2, 0.25) is 0 Å². The standard InChI is InChI=1S/C15H19N3S/c1-3-13(16)9-12-4-5-14(11(2)8-12)19-15-6-7-17-10-18-15/h4-8,10,13H,3,9,16H2,1-2H3. The largest absolute Gasteiger partial charge is 0.327 e. The molecule has 0 saturated heterocycles. The number of nitrogens with two attached hydrogens (primary N) is 1. The summed E-state index contributed by atoms with van der Waals surface area (Å²) in [4.78, 5) is 9.39. The second-order valence-electron chi connectivity index (χ2n) is 4.62. The smallest absolute Gasteiger partial charge is 0.116 e. The monoisotopic (exact) mass is 273 g/mol. The first kappa shape index (κ1) is 14.0. The van der Waals surface area contributed by atoms with Gasteiger partial charge in [-0.3, -0.25) is 0 Å². The summed E-state index contributed by atoms with van der Waals surface area (Å²) in [5, 5.41) is 0.969. The van der Waals surface area contributed by atoms with Crippen molar-refractivity contribution in [2.75, 3.05) is 0 Å². The van der Waals surface area contributed by atoms with Gasteiger partial charge in [-0.15, -0.1) is 0 Å². The summed E-state index contributed by atoms with van der Waals surface area (Å²) in [5.41, 5.74) is 8.57. The van der Waals surface area contributed by atoms with Crippen LogP contribution in [0.4, 0.5) is 0 Å². The van der Waals surface area contributed by atoms with E-state index in [-0.39, 0.29) is 6.04 Å². The van der Waals surface area contributed by atoms with Crippen LogP contribution >= 0.6 is 11.8 Å². The van der Waals surface area contributed by atoms with E-state index in [0.717, 1.165) is 17.9 Å². The summed E-state index contributed by atoms with van der Waals surface area (Å²) in [6.45, 7) is 4.25. The Morgan fingerprint density at radius 3 is 2.79 bits per heavy atom. The molecule has 2 rings (SSSR count). The predicted octanol–water partition coefficient (Wildman–Crippen LogP) is 3.22. The van der Waals surface area contributed by atoms with Crippen LogP contribution < -0.4 is 5.73 Å². The van der Waals surface area contributed by atoms with E-state index >= 15 is 0 Å². The fraction of sp³-hybridized carbons (Fsp3) is 0.333. The summed E-state index contributed by atoms with van der Waals surface area (Å²) in [7, 11) is 0. The van der Waals surface area contributed by atoms with E-state index in [2.05, 4.69) is 42.0 Å². The molecule has 1 aromatic carbocycles. The van der Waals surface area contributed by atoms with Gasteiger partial charge in [0, 0.05) is 17.1 Å². The summed E-state index contributed by atoms with van der Waals surface area (Å²) in [5.74, 6) is 0. The average Bonchev–Trinajstić information content (AvgIpc) is 2.43. The Morgan fingerprint density at radius 2 is 2.16 bits per heavy atom. The Kier molecular flexibility index (Phi) is 4.93. The highest BCUT2D eigenvalue weighted by Gasteiger charge is 2.06. The molecule has 1 unspecified atom stereocenters. The van der Waals surface area contributed by atoms with Gasteiger partial charge >= 0.3 is 0 Å². The van der Waals surface area contributed by atoms with E-state index < -0.39 is 0 Å². The molecule has 0 saturated carbocycles. The van der Waals surface area contributed by atoms with Crippen LogP contribution in [0.25, 0.3) is 0 Å². The SMILES string of the molecule is CCC(N)Cc1ccc(Sc2ccncn2)c(C)c1. The number of hydrogen-bond acceptors (Lipinski definition) is 4. The Hall–Kier alpha value is -1.39. The number of aryl methyl sites for hydroxylation is 1. The van der Waals surface area contributed by atoms with Crippen LogP contribution in [0.1, 0.15) is 24.5 Å². The van der Waals surface area contributed by atoms with E-state index in [4.69, 9.17) is 5.73 Å². The van der Waals surface area contributed by atoms with Crippen LogP contribution in [-0.2, 0) is 6.42 Å². The molecule has 0 fully saturated rings. The van der Waals surface area contributed by atoms with Crippen molar-refractivity contribution in [1.82, 2.24) is 9.97 Å². The first-order valence-electron chi connectivity index (χ1n) is 6.48. The van der Waals surface area contributed by atoms with E-state index in [1.807, 2.05) is 6.07 Å². The van der Waals surface area contributed by atoms with Crippen molar-refractivity contribution in [3.63, 3.8) is 0 Å². The van der Waals surface area contributed by atoms with E-state index in [1.54, 1.807) is 24.3 Å². The lowest BCUT2D eigenvalue weighted by molar-refractivity contribution is 0.646. The topological polar surface area (TPSA) is 51.8 Å². The van der Waals surface area contributed by atoms with Crippen molar-refractivity contribution in [3.05, 3.63) is 47.9 Å². The van der Waals surface area contributed by atoms with Crippen LogP contribution in [0.5, 0.6) is 0 Å². The maximum atomic E-state index is 5.99. The molecule has 4 heteroatoms. The molecule has 19 heavy (non-hydrogen) atoms. The minimum absolute atomic E-state index is 0.250. The lowest BCUT2D eigenvalue weighted by atomic mass is 10.0. The maximum absolute atomic E-state index is 5.99. The van der Waals surface area contributed by atoms with Gasteiger partial charge in [-0.2, -0.15) is 0 Å². The number of aromatic nitrogens is 2. The number of nitrogens with zero attached hydrogens (tertiary/aromatic N) is 2. The van der Waals surface area contributed by atoms with Gasteiger partial charge in [-0.05, 0) is 43.0 Å². The molecular formula is C15H19N3S. The molecule has 0 radical (unpaired) electrons. The summed E-state index contributed by atoms with van der Waals surface area (Å²) in [6, 6.07) is 8.70. The van der Waals surface area contributed by atoms with Crippen molar-refractivity contribution < 1.29 is 0 Å². The van der Waals surface area contributed by atoms with Gasteiger partial charge in [0.1, 0.15) is 11.4 Å². The summed E-state index contributed by atoms with van der Waals surface area (Å²) >= 11 is 1.67. The fourth-order valence-corrected chi connectivity index (χ4v) is 2.66. The van der Waals surface area contributed by atoms with Gasteiger partial charge in [0.25, 0.3) is 0 Å². The molecule has 0 bridgehead atoms. The lowest BCUT2D eigenvalue weighted by Crippen LogP contribution is -2.21. The number of rotatable bonds is 5. The van der Waals surface area contributed by atoms with Crippen LogP contribution in [0, 0.1) is 6.92 Å². The molecule has 3 nitrogen and oxygen atoms in total. The zero-order chi connectivity index (χ0) is 13.7. The molecule has 0 aliphatic heterocycles. The fourth-order valence-electron chi connectivity index (χ4n) is 1.85. The maximum Gasteiger partial charge on any atom is 0.116 e. The molecule has 0 aliphatic carbocycles. The highest BCUT2D eigenvalue weighted by Crippen LogP contribution is 2.29. The second-order valence-corrected chi connectivity index (χ2v) is 5.68. The molecule has 0 spiro atoms. The quantitative estimate of drug-likeness (QED) is 0.850. The third-order valence-corrected chi connectivity index (χ3v) is 4.16. The highest BCUT2D eigenvalue weighted by molar-refractivity contribution is 7.99. The molecule has 100 valence electrons. The minimum Gasteiger partial charge on any atom is -0.327 e. The minimum atomic E-state index is 0.250. The normalized spacial score (nSPS) is 12.4.